The number of nitrogens with one attached hydrogen (secondary N) is 1. The predicted molar refractivity (Wildman–Crippen MR) is 118 cm³/mol. The Balaban J connectivity index is 1.48. The van der Waals surface area contributed by atoms with Crippen molar-refractivity contribution in [3.8, 4) is 0 Å². The van der Waals surface area contributed by atoms with Crippen LogP contribution >= 0.6 is 22.7 Å². The van der Waals surface area contributed by atoms with E-state index in [0.29, 0.717) is 24.2 Å². The Morgan fingerprint density at radius 2 is 2.17 bits per heavy atom. The van der Waals surface area contributed by atoms with Gasteiger partial charge in [0.1, 0.15) is 10.6 Å². The van der Waals surface area contributed by atoms with Gasteiger partial charge >= 0.3 is 0 Å². The number of β-amino-alcohol motifs (C(OH)–C–C–N with tert-alkyl or cyclic N) is 1. The molecule has 4 aromatic rings. The summed E-state index contributed by atoms with van der Waals surface area (Å²) in [5.41, 5.74) is 3.79. The summed E-state index contributed by atoms with van der Waals surface area (Å²) in [6.07, 6.45) is 2.84. The lowest BCUT2D eigenvalue weighted by molar-refractivity contribution is 0.188. The van der Waals surface area contributed by atoms with Gasteiger partial charge in [-0.15, -0.1) is 22.7 Å². The van der Waals surface area contributed by atoms with Gasteiger partial charge in [-0.1, -0.05) is 0 Å². The Bertz CT molecular complexity index is 1170. The third-order valence-electron chi connectivity index (χ3n) is 5.78. The molecule has 0 unspecified atom stereocenters. The van der Waals surface area contributed by atoms with Crippen molar-refractivity contribution in [3.05, 3.63) is 46.7 Å². The van der Waals surface area contributed by atoms with Crippen LogP contribution in [0.1, 0.15) is 24.1 Å². The first-order valence-electron chi connectivity index (χ1n) is 9.67. The van der Waals surface area contributed by atoms with E-state index in [-0.39, 0.29) is 12.4 Å². The van der Waals surface area contributed by atoms with E-state index in [0.717, 1.165) is 39.1 Å². The molecule has 1 fully saturated rings. The fourth-order valence-electron chi connectivity index (χ4n) is 4.20. The Morgan fingerprint density at radius 1 is 1.28 bits per heavy atom. The summed E-state index contributed by atoms with van der Waals surface area (Å²) in [7, 11) is 0. The molecule has 5 nitrogen and oxygen atoms in total. The van der Waals surface area contributed by atoms with E-state index in [1.807, 2.05) is 6.07 Å². The predicted octanol–water partition coefficient (Wildman–Crippen LogP) is 4.96. The molecule has 150 valence electrons. The largest absolute Gasteiger partial charge is 0.395 e. The van der Waals surface area contributed by atoms with E-state index >= 15 is 0 Å². The summed E-state index contributed by atoms with van der Waals surface area (Å²) < 4.78 is 15.4. The van der Waals surface area contributed by atoms with Crippen molar-refractivity contribution >= 4 is 54.5 Å². The molecule has 0 aliphatic carbocycles. The Morgan fingerprint density at radius 3 is 3.03 bits per heavy atom. The van der Waals surface area contributed by atoms with Gasteiger partial charge in [-0.3, -0.25) is 4.90 Å². The standard InChI is InChI=1S/C21H21FN4OS2/c1-12-13(3-5-26(12)6-7-27)19-8-14-16(2-4-23-21(14)29-19)25-17-10-18-20(9-15(17)22)28-11-24-18/h2,4,8-13,27H,3,5-7H2,1H3,(H,23,25)/t12-,13-/m1/s1. The van der Waals surface area contributed by atoms with Gasteiger partial charge in [0, 0.05) is 35.0 Å². The number of aliphatic hydroxyl groups is 1. The van der Waals surface area contributed by atoms with E-state index < -0.39 is 0 Å². The van der Waals surface area contributed by atoms with E-state index in [2.05, 4.69) is 33.2 Å². The second-order valence-corrected chi connectivity index (χ2v) is 9.35. The van der Waals surface area contributed by atoms with Crippen molar-refractivity contribution in [3.63, 3.8) is 0 Å². The first-order valence-corrected chi connectivity index (χ1v) is 11.4. The van der Waals surface area contributed by atoms with Crippen molar-refractivity contribution in [2.75, 3.05) is 25.0 Å². The van der Waals surface area contributed by atoms with Crippen molar-refractivity contribution in [2.24, 2.45) is 0 Å². The molecule has 3 aromatic heterocycles. The third-order valence-corrected chi connectivity index (χ3v) is 7.75. The number of aromatic nitrogens is 2. The highest BCUT2D eigenvalue weighted by Crippen LogP contribution is 2.41. The molecule has 5 rings (SSSR count). The van der Waals surface area contributed by atoms with E-state index in [4.69, 9.17) is 0 Å². The highest BCUT2D eigenvalue weighted by atomic mass is 32.1. The second kappa shape index (κ2) is 7.60. The molecule has 1 aliphatic heterocycles. The number of fused-ring (bicyclic) bond motifs is 2. The average molecular weight is 429 g/mol. The lowest BCUT2D eigenvalue weighted by Crippen LogP contribution is -2.31. The number of rotatable bonds is 5. The van der Waals surface area contributed by atoms with Crippen LogP contribution in [0.3, 0.4) is 0 Å². The first kappa shape index (κ1) is 18.9. The first-order chi connectivity index (χ1) is 14.1. The van der Waals surface area contributed by atoms with Crippen LogP contribution in [0.15, 0.2) is 36.0 Å². The smallest absolute Gasteiger partial charge is 0.148 e. The van der Waals surface area contributed by atoms with Gasteiger partial charge in [0.05, 0.1) is 33.7 Å². The molecule has 0 saturated carbocycles. The zero-order valence-corrected chi connectivity index (χ0v) is 17.6. The maximum Gasteiger partial charge on any atom is 0.148 e. The van der Waals surface area contributed by atoms with Gasteiger partial charge < -0.3 is 10.4 Å². The number of hydrogen-bond acceptors (Lipinski definition) is 7. The summed E-state index contributed by atoms with van der Waals surface area (Å²) in [4.78, 5) is 13.4. The molecule has 1 aliphatic rings. The minimum Gasteiger partial charge on any atom is -0.395 e. The monoisotopic (exact) mass is 428 g/mol. The van der Waals surface area contributed by atoms with Crippen LogP contribution < -0.4 is 5.32 Å². The van der Waals surface area contributed by atoms with Crippen LogP contribution in [0.5, 0.6) is 0 Å². The van der Waals surface area contributed by atoms with Crippen LogP contribution in [0, 0.1) is 5.82 Å². The highest BCUT2D eigenvalue weighted by molar-refractivity contribution is 7.18. The molecular formula is C21H21FN4OS2. The number of aliphatic hydroxyl groups excluding tert-OH is 1. The molecule has 0 amide bonds. The number of nitrogens with zero attached hydrogens (tertiary/aromatic N) is 3. The number of benzene rings is 1. The number of hydrogen-bond donors (Lipinski definition) is 2. The minimum absolute atomic E-state index is 0.188. The van der Waals surface area contributed by atoms with Crippen molar-refractivity contribution in [1.29, 1.82) is 0 Å². The SMILES string of the molecule is C[C@@H]1[C@H](c2cc3c(Nc4cc5ncsc5cc4F)ccnc3s2)CCN1CCO. The summed E-state index contributed by atoms with van der Waals surface area (Å²) in [6.45, 7) is 4.13. The second-order valence-electron chi connectivity index (χ2n) is 7.40. The number of likely N-dealkylation sites (tertiary alicyclic amines) is 1. The van der Waals surface area contributed by atoms with Gasteiger partial charge in [0.25, 0.3) is 0 Å². The molecular weight excluding hydrogens is 407 g/mol. The molecule has 8 heteroatoms. The van der Waals surface area contributed by atoms with Crippen LogP contribution in [0.4, 0.5) is 15.8 Å². The number of anilines is 2. The number of pyridine rings is 1. The van der Waals surface area contributed by atoms with Crippen molar-refractivity contribution in [2.45, 2.75) is 25.3 Å². The van der Waals surface area contributed by atoms with Crippen LogP contribution in [-0.4, -0.2) is 45.7 Å². The van der Waals surface area contributed by atoms with Crippen molar-refractivity contribution in [1.82, 2.24) is 14.9 Å². The zero-order valence-electron chi connectivity index (χ0n) is 15.9. The van der Waals surface area contributed by atoms with Gasteiger partial charge in [-0.25, -0.2) is 14.4 Å². The zero-order chi connectivity index (χ0) is 20.0. The van der Waals surface area contributed by atoms with Gasteiger partial charge in [0.15, 0.2) is 0 Å². The third kappa shape index (κ3) is 3.40. The molecule has 1 saturated heterocycles. The minimum atomic E-state index is -0.286. The molecule has 0 radical (unpaired) electrons. The maximum atomic E-state index is 14.6. The number of halogens is 1. The fourth-order valence-corrected chi connectivity index (χ4v) is 6.14. The topological polar surface area (TPSA) is 61.3 Å². The highest BCUT2D eigenvalue weighted by Gasteiger charge is 2.32. The van der Waals surface area contributed by atoms with Crippen LogP contribution in [0.2, 0.25) is 0 Å². The Hall–Kier alpha value is -2.13. The average Bonchev–Trinajstić information content (AvgIpc) is 3.42. The van der Waals surface area contributed by atoms with Crippen LogP contribution in [-0.2, 0) is 0 Å². The summed E-state index contributed by atoms with van der Waals surface area (Å²) in [5.74, 6) is 0.142. The Labute approximate surface area is 175 Å². The molecule has 1 aromatic carbocycles. The Kier molecular flexibility index (Phi) is 4.95. The van der Waals surface area contributed by atoms with Gasteiger partial charge in [-0.05, 0) is 44.2 Å². The normalized spacial score (nSPS) is 20.1. The van der Waals surface area contributed by atoms with Crippen molar-refractivity contribution < 1.29 is 9.50 Å². The van der Waals surface area contributed by atoms with Gasteiger partial charge in [-0.2, -0.15) is 0 Å². The molecule has 4 heterocycles. The quantitative estimate of drug-likeness (QED) is 0.471. The number of thiazole rings is 1. The number of thiophene rings is 1. The van der Waals surface area contributed by atoms with E-state index in [9.17, 15) is 9.50 Å². The molecule has 2 N–H and O–H groups in total. The van der Waals surface area contributed by atoms with Gasteiger partial charge in [0.2, 0.25) is 0 Å². The fraction of sp³-hybridized carbons (Fsp3) is 0.333. The molecule has 29 heavy (non-hydrogen) atoms. The lowest BCUT2D eigenvalue weighted by atomic mass is 9.99. The summed E-state index contributed by atoms with van der Waals surface area (Å²) in [6, 6.07) is 7.75. The maximum absolute atomic E-state index is 14.6. The lowest BCUT2D eigenvalue weighted by Gasteiger charge is -2.23. The molecule has 2 atom stereocenters. The molecule has 0 spiro atoms. The summed E-state index contributed by atoms with van der Waals surface area (Å²) in [5, 5.41) is 13.5. The van der Waals surface area contributed by atoms with Crippen LogP contribution in [0.25, 0.3) is 20.4 Å². The van der Waals surface area contributed by atoms with E-state index in [1.165, 1.54) is 22.3 Å². The molecule has 0 bridgehead atoms. The summed E-state index contributed by atoms with van der Waals surface area (Å²) >= 11 is 3.14. The van der Waals surface area contributed by atoms with E-state index in [1.54, 1.807) is 29.1 Å².